The molecule has 10 nitrogen and oxygen atoms in total. The Morgan fingerprint density at radius 3 is 2.40 bits per heavy atom. The third kappa shape index (κ3) is 4.17. The summed E-state index contributed by atoms with van der Waals surface area (Å²) in [6, 6.07) is 2.63. The van der Waals surface area contributed by atoms with E-state index in [1.54, 1.807) is 12.1 Å². The Kier molecular flexibility index (Phi) is 6.14. The van der Waals surface area contributed by atoms with E-state index in [2.05, 4.69) is 17.3 Å². The number of hydrogen-bond acceptors (Lipinski definition) is 7. The summed E-state index contributed by atoms with van der Waals surface area (Å²) in [6.45, 7) is 1.80. The molecule has 1 aromatic carbocycles. The van der Waals surface area contributed by atoms with Crippen molar-refractivity contribution in [3.8, 4) is 17.2 Å². The van der Waals surface area contributed by atoms with Crippen molar-refractivity contribution < 1.29 is 28.6 Å². The van der Waals surface area contributed by atoms with Crippen molar-refractivity contribution in [1.29, 1.82) is 0 Å². The Balaban J connectivity index is 1.82. The van der Waals surface area contributed by atoms with Gasteiger partial charge in [0.05, 0.1) is 20.4 Å². The molecular formula is C20H26N4O6. The van der Waals surface area contributed by atoms with Gasteiger partial charge in [-0.1, -0.05) is 6.92 Å². The number of urea groups is 1. The third-order valence-electron chi connectivity index (χ3n) is 5.43. The lowest BCUT2D eigenvalue weighted by molar-refractivity contribution is -0.132. The zero-order chi connectivity index (χ0) is 21.9. The highest BCUT2D eigenvalue weighted by Gasteiger charge is 2.52. The van der Waals surface area contributed by atoms with Gasteiger partial charge in [-0.3, -0.25) is 9.59 Å². The molecule has 10 heteroatoms. The SMILES string of the molecule is COc1cc(/C=N\N2C(=O)NC3(CCC(C)CC3)C2=O)cc(OC)c1OCC(N)=O. The molecule has 1 saturated carbocycles. The summed E-state index contributed by atoms with van der Waals surface area (Å²) >= 11 is 0. The summed E-state index contributed by atoms with van der Waals surface area (Å²) in [7, 11) is 2.86. The molecule has 1 heterocycles. The molecule has 2 fully saturated rings. The zero-order valence-corrected chi connectivity index (χ0v) is 17.3. The number of primary amides is 1. The molecule has 0 unspecified atom stereocenters. The van der Waals surface area contributed by atoms with Gasteiger partial charge in [-0.05, 0) is 43.7 Å². The number of nitrogens with one attached hydrogen (secondary N) is 1. The van der Waals surface area contributed by atoms with Crippen molar-refractivity contribution in [2.24, 2.45) is 16.8 Å². The average molecular weight is 418 g/mol. The summed E-state index contributed by atoms with van der Waals surface area (Å²) < 4.78 is 16.0. The number of carbonyl (C=O) groups is 3. The molecule has 1 aliphatic heterocycles. The molecule has 1 spiro atoms. The van der Waals surface area contributed by atoms with Gasteiger partial charge in [0.1, 0.15) is 5.54 Å². The van der Waals surface area contributed by atoms with Crippen LogP contribution in [0.1, 0.15) is 38.2 Å². The summed E-state index contributed by atoms with van der Waals surface area (Å²) in [5, 5.41) is 7.78. The van der Waals surface area contributed by atoms with Crippen LogP contribution in [0.2, 0.25) is 0 Å². The Bertz CT molecular complexity index is 851. The van der Waals surface area contributed by atoms with E-state index in [1.165, 1.54) is 20.4 Å². The highest BCUT2D eigenvalue weighted by molar-refractivity contribution is 6.07. The zero-order valence-electron chi connectivity index (χ0n) is 17.3. The molecule has 3 N–H and O–H groups in total. The largest absolute Gasteiger partial charge is 0.493 e. The van der Waals surface area contributed by atoms with Crippen molar-refractivity contribution in [3.05, 3.63) is 17.7 Å². The van der Waals surface area contributed by atoms with E-state index in [1.807, 2.05) is 0 Å². The van der Waals surface area contributed by atoms with Crippen molar-refractivity contribution in [2.75, 3.05) is 20.8 Å². The number of amides is 4. The van der Waals surface area contributed by atoms with Crippen LogP contribution in [0.3, 0.4) is 0 Å². The minimum Gasteiger partial charge on any atom is -0.493 e. The Labute approximate surface area is 174 Å². The van der Waals surface area contributed by atoms with Gasteiger partial charge in [0.25, 0.3) is 11.8 Å². The molecule has 0 bridgehead atoms. The number of hydrazone groups is 1. The van der Waals surface area contributed by atoms with Crippen LogP contribution in [0, 0.1) is 5.92 Å². The first-order valence-corrected chi connectivity index (χ1v) is 9.67. The monoisotopic (exact) mass is 418 g/mol. The second-order valence-corrected chi connectivity index (χ2v) is 7.57. The predicted molar refractivity (Wildman–Crippen MR) is 108 cm³/mol. The van der Waals surface area contributed by atoms with Crippen LogP contribution >= 0.6 is 0 Å². The van der Waals surface area contributed by atoms with Gasteiger partial charge in [-0.2, -0.15) is 5.10 Å². The van der Waals surface area contributed by atoms with Gasteiger partial charge in [0.2, 0.25) is 5.75 Å². The maximum atomic E-state index is 12.9. The van der Waals surface area contributed by atoms with Crippen molar-refractivity contribution >= 4 is 24.1 Å². The van der Waals surface area contributed by atoms with Gasteiger partial charge in [0.15, 0.2) is 18.1 Å². The lowest BCUT2D eigenvalue weighted by atomic mass is 9.77. The van der Waals surface area contributed by atoms with Crippen molar-refractivity contribution in [3.63, 3.8) is 0 Å². The number of imide groups is 1. The first-order chi connectivity index (χ1) is 14.3. The molecule has 1 aromatic rings. The van der Waals surface area contributed by atoms with Crippen LogP contribution in [0.25, 0.3) is 0 Å². The highest BCUT2D eigenvalue weighted by Crippen LogP contribution is 2.39. The van der Waals surface area contributed by atoms with E-state index >= 15 is 0 Å². The predicted octanol–water partition coefficient (Wildman–Crippen LogP) is 1.40. The van der Waals surface area contributed by atoms with E-state index in [9.17, 15) is 14.4 Å². The number of carbonyl (C=O) groups excluding carboxylic acids is 3. The van der Waals surface area contributed by atoms with E-state index in [4.69, 9.17) is 19.9 Å². The van der Waals surface area contributed by atoms with E-state index in [0.717, 1.165) is 17.9 Å². The van der Waals surface area contributed by atoms with Gasteiger partial charge < -0.3 is 25.3 Å². The number of hydrogen-bond donors (Lipinski definition) is 2. The maximum Gasteiger partial charge on any atom is 0.346 e. The fourth-order valence-corrected chi connectivity index (χ4v) is 3.69. The molecule has 1 saturated heterocycles. The molecule has 4 amide bonds. The fraction of sp³-hybridized carbons (Fsp3) is 0.500. The molecule has 2 aliphatic rings. The van der Waals surface area contributed by atoms with Crippen LogP contribution in [0.4, 0.5) is 4.79 Å². The molecule has 162 valence electrons. The van der Waals surface area contributed by atoms with Crippen LogP contribution in [-0.4, -0.2) is 55.4 Å². The Morgan fingerprint density at radius 1 is 1.27 bits per heavy atom. The van der Waals surface area contributed by atoms with Crippen molar-refractivity contribution in [1.82, 2.24) is 10.3 Å². The van der Waals surface area contributed by atoms with Crippen LogP contribution in [0.15, 0.2) is 17.2 Å². The highest BCUT2D eigenvalue weighted by atomic mass is 16.5. The summed E-state index contributed by atoms with van der Waals surface area (Å²) in [5.41, 5.74) is 4.77. The normalized spacial score (nSPS) is 23.7. The van der Waals surface area contributed by atoms with Crippen LogP contribution in [-0.2, 0) is 9.59 Å². The van der Waals surface area contributed by atoms with Gasteiger partial charge in [-0.15, -0.1) is 5.01 Å². The molecule has 1 aliphatic carbocycles. The number of benzene rings is 1. The first kappa shape index (κ1) is 21.4. The molecule has 0 atom stereocenters. The lowest BCUT2D eigenvalue weighted by Gasteiger charge is -2.33. The van der Waals surface area contributed by atoms with E-state index < -0.39 is 17.5 Å². The molecule has 30 heavy (non-hydrogen) atoms. The smallest absolute Gasteiger partial charge is 0.346 e. The lowest BCUT2D eigenvalue weighted by Crippen LogP contribution is -2.49. The summed E-state index contributed by atoms with van der Waals surface area (Å²) in [6.07, 6.45) is 4.34. The van der Waals surface area contributed by atoms with Crippen molar-refractivity contribution in [2.45, 2.75) is 38.1 Å². The first-order valence-electron chi connectivity index (χ1n) is 9.67. The second kappa shape index (κ2) is 8.60. The molecule has 3 rings (SSSR count). The van der Waals surface area contributed by atoms with Crippen LogP contribution < -0.4 is 25.3 Å². The summed E-state index contributed by atoms with van der Waals surface area (Å²) in [4.78, 5) is 36.3. The minimum absolute atomic E-state index is 0.209. The number of ether oxygens (including phenoxy) is 3. The average Bonchev–Trinajstić information content (AvgIpc) is 2.95. The Morgan fingerprint density at radius 2 is 1.87 bits per heavy atom. The number of methoxy groups -OCH3 is 2. The van der Waals surface area contributed by atoms with E-state index in [0.29, 0.717) is 24.3 Å². The number of rotatable bonds is 7. The quantitative estimate of drug-likeness (QED) is 0.508. The third-order valence-corrected chi connectivity index (χ3v) is 5.43. The number of nitrogens with two attached hydrogens (primary N) is 1. The van der Waals surface area contributed by atoms with E-state index in [-0.39, 0.29) is 29.8 Å². The second-order valence-electron chi connectivity index (χ2n) is 7.57. The minimum atomic E-state index is -0.858. The molecule has 0 aromatic heterocycles. The maximum absolute atomic E-state index is 12.9. The van der Waals surface area contributed by atoms with Gasteiger partial charge in [-0.25, -0.2) is 4.79 Å². The number of nitrogens with zero attached hydrogens (tertiary/aromatic N) is 2. The topological polar surface area (TPSA) is 133 Å². The van der Waals surface area contributed by atoms with Crippen LogP contribution in [0.5, 0.6) is 17.2 Å². The van der Waals surface area contributed by atoms with Gasteiger partial charge in [0, 0.05) is 5.56 Å². The van der Waals surface area contributed by atoms with Gasteiger partial charge >= 0.3 is 6.03 Å². The molecule has 0 radical (unpaired) electrons. The Hall–Kier alpha value is -3.30. The standard InChI is InChI=1S/C20H26N4O6/c1-12-4-6-20(7-5-12)18(26)24(19(27)23-20)22-10-13-8-14(28-2)17(15(9-13)29-3)30-11-16(21)25/h8-10,12H,4-7,11H2,1-3H3,(H2,21,25)(H,23,27)/b22-10-. The fourth-order valence-electron chi connectivity index (χ4n) is 3.69. The molecular weight excluding hydrogens is 392 g/mol. The summed E-state index contributed by atoms with van der Waals surface area (Å²) in [5.74, 6) is 0.332.